The van der Waals surface area contributed by atoms with Gasteiger partial charge >= 0.3 is 0 Å². The fourth-order valence-corrected chi connectivity index (χ4v) is 3.80. The van der Waals surface area contributed by atoms with Crippen LogP contribution in [0.15, 0.2) is 0 Å². The lowest BCUT2D eigenvalue weighted by atomic mass is 9.67. The van der Waals surface area contributed by atoms with Gasteiger partial charge in [-0.05, 0) is 57.4 Å². The van der Waals surface area contributed by atoms with Crippen molar-refractivity contribution in [1.82, 2.24) is 4.90 Å². The van der Waals surface area contributed by atoms with Crippen LogP contribution < -0.4 is 0 Å². The zero-order chi connectivity index (χ0) is 16.0. The Balaban J connectivity index is 2.82. The molecule has 0 aromatic heterocycles. The first-order valence-electron chi connectivity index (χ1n) is 8.96. The van der Waals surface area contributed by atoms with E-state index >= 15 is 0 Å². The molecule has 2 nitrogen and oxygen atoms in total. The Morgan fingerprint density at radius 1 is 1.19 bits per heavy atom. The fourth-order valence-electron chi connectivity index (χ4n) is 3.80. The minimum atomic E-state index is 0.229. The predicted molar refractivity (Wildman–Crippen MR) is 91.1 cm³/mol. The maximum Gasteiger partial charge on any atom is 0.0672 e. The van der Waals surface area contributed by atoms with Crippen LogP contribution in [-0.4, -0.2) is 23.5 Å². The monoisotopic (exact) mass is 292 g/mol. The molecule has 0 bridgehead atoms. The first-order valence-corrected chi connectivity index (χ1v) is 8.96. The molecule has 1 rings (SSSR count). The highest BCUT2D eigenvalue weighted by atomic mass is 15.2. The van der Waals surface area contributed by atoms with Crippen LogP contribution in [0, 0.1) is 28.6 Å². The van der Waals surface area contributed by atoms with E-state index < -0.39 is 0 Å². The van der Waals surface area contributed by atoms with Gasteiger partial charge in [0.15, 0.2) is 0 Å². The summed E-state index contributed by atoms with van der Waals surface area (Å²) >= 11 is 0. The highest BCUT2D eigenvalue weighted by Crippen LogP contribution is 2.42. The molecule has 2 heteroatoms. The van der Waals surface area contributed by atoms with Crippen LogP contribution in [-0.2, 0) is 0 Å². The van der Waals surface area contributed by atoms with Crippen molar-refractivity contribution in [2.75, 3.05) is 6.54 Å². The molecule has 1 fully saturated rings. The van der Waals surface area contributed by atoms with Gasteiger partial charge in [0.2, 0.25) is 0 Å². The van der Waals surface area contributed by atoms with E-state index in [0.717, 1.165) is 18.9 Å². The summed E-state index contributed by atoms with van der Waals surface area (Å²) in [4.78, 5) is 2.63. The average Bonchev–Trinajstić information content (AvgIpc) is 2.41. The van der Waals surface area contributed by atoms with Crippen molar-refractivity contribution in [2.24, 2.45) is 17.3 Å². The second-order valence-electron chi connectivity index (χ2n) is 8.22. The topological polar surface area (TPSA) is 27.0 Å². The van der Waals surface area contributed by atoms with Crippen LogP contribution in [0.5, 0.6) is 0 Å². The van der Waals surface area contributed by atoms with Gasteiger partial charge in [0.05, 0.1) is 12.0 Å². The van der Waals surface area contributed by atoms with Crippen molar-refractivity contribution in [3.05, 3.63) is 0 Å². The van der Waals surface area contributed by atoms with Crippen molar-refractivity contribution in [3.8, 4) is 6.07 Å². The van der Waals surface area contributed by atoms with Gasteiger partial charge in [-0.2, -0.15) is 5.26 Å². The number of hydrogen-bond donors (Lipinski definition) is 0. The third-order valence-electron chi connectivity index (χ3n) is 5.32. The summed E-state index contributed by atoms with van der Waals surface area (Å²) in [6, 6.07) is 3.62. The van der Waals surface area contributed by atoms with Crippen LogP contribution in [0.25, 0.3) is 0 Å². The van der Waals surface area contributed by atoms with E-state index in [1.165, 1.54) is 32.1 Å². The van der Waals surface area contributed by atoms with E-state index in [-0.39, 0.29) is 5.92 Å². The number of rotatable bonds is 6. The average molecular weight is 293 g/mol. The molecule has 3 unspecified atom stereocenters. The van der Waals surface area contributed by atoms with Gasteiger partial charge in [-0.3, -0.25) is 4.90 Å². The summed E-state index contributed by atoms with van der Waals surface area (Å²) in [5, 5.41) is 9.58. The molecule has 0 saturated heterocycles. The standard InChI is InChI=1S/C19H36N2/c1-7-8-9-12-21(15(2)3)18-13-17(19(4,5)6)11-10-16(18)14-20/h15-18H,7-13H2,1-6H3. The summed E-state index contributed by atoms with van der Waals surface area (Å²) in [5.74, 6) is 0.979. The van der Waals surface area contributed by atoms with Crippen LogP contribution in [0.1, 0.15) is 80.1 Å². The Morgan fingerprint density at radius 3 is 2.33 bits per heavy atom. The van der Waals surface area contributed by atoms with Crippen molar-refractivity contribution in [1.29, 1.82) is 5.26 Å². The molecule has 0 aromatic rings. The minimum Gasteiger partial charge on any atom is -0.297 e. The molecule has 1 aliphatic carbocycles. The number of nitriles is 1. The van der Waals surface area contributed by atoms with Crippen molar-refractivity contribution in [3.63, 3.8) is 0 Å². The number of hydrogen-bond acceptors (Lipinski definition) is 2. The van der Waals surface area contributed by atoms with Gasteiger partial charge < -0.3 is 0 Å². The van der Waals surface area contributed by atoms with Crippen molar-refractivity contribution in [2.45, 2.75) is 92.2 Å². The maximum absolute atomic E-state index is 9.58. The SMILES string of the molecule is CCCCCN(C(C)C)C1CC(C(C)(C)C)CCC1C#N. The Kier molecular flexibility index (Phi) is 7.21. The first-order chi connectivity index (χ1) is 9.81. The van der Waals surface area contributed by atoms with Crippen LogP contribution in [0.3, 0.4) is 0 Å². The molecule has 0 aliphatic heterocycles. The quantitative estimate of drug-likeness (QED) is 0.626. The van der Waals surface area contributed by atoms with E-state index in [1.54, 1.807) is 0 Å². The van der Waals surface area contributed by atoms with Crippen LogP contribution in [0.4, 0.5) is 0 Å². The van der Waals surface area contributed by atoms with Gasteiger partial charge in [-0.25, -0.2) is 0 Å². The third kappa shape index (κ3) is 5.29. The second kappa shape index (κ2) is 8.18. The molecule has 0 radical (unpaired) electrons. The molecule has 0 heterocycles. The Bertz CT molecular complexity index is 334. The van der Waals surface area contributed by atoms with E-state index in [2.05, 4.69) is 52.5 Å². The molecule has 0 aromatic carbocycles. The Labute approximate surface area is 132 Å². The van der Waals surface area contributed by atoms with E-state index in [0.29, 0.717) is 17.5 Å². The van der Waals surface area contributed by atoms with Crippen molar-refractivity contribution < 1.29 is 0 Å². The summed E-state index contributed by atoms with van der Waals surface area (Å²) in [5.41, 5.74) is 0.366. The molecule has 0 spiro atoms. The highest BCUT2D eigenvalue weighted by Gasteiger charge is 2.39. The lowest BCUT2D eigenvalue weighted by Gasteiger charge is -2.45. The lowest BCUT2D eigenvalue weighted by Crippen LogP contribution is -2.49. The smallest absolute Gasteiger partial charge is 0.0672 e. The predicted octanol–water partition coefficient (Wildman–Crippen LogP) is 5.24. The van der Waals surface area contributed by atoms with E-state index in [4.69, 9.17) is 0 Å². The van der Waals surface area contributed by atoms with Crippen LogP contribution >= 0.6 is 0 Å². The van der Waals surface area contributed by atoms with E-state index in [1.807, 2.05) is 0 Å². The summed E-state index contributed by atoms with van der Waals surface area (Å²) in [6.45, 7) is 15.1. The fraction of sp³-hybridized carbons (Fsp3) is 0.947. The van der Waals surface area contributed by atoms with E-state index in [9.17, 15) is 5.26 Å². The van der Waals surface area contributed by atoms with Crippen LogP contribution in [0.2, 0.25) is 0 Å². The van der Waals surface area contributed by atoms with Crippen molar-refractivity contribution >= 4 is 0 Å². The minimum absolute atomic E-state index is 0.229. The largest absolute Gasteiger partial charge is 0.297 e. The maximum atomic E-state index is 9.58. The number of unbranched alkanes of at least 4 members (excludes halogenated alkanes) is 2. The summed E-state index contributed by atoms with van der Waals surface area (Å²) in [6.07, 6.45) is 7.34. The summed E-state index contributed by atoms with van der Waals surface area (Å²) in [7, 11) is 0. The highest BCUT2D eigenvalue weighted by molar-refractivity contribution is 5.00. The molecular formula is C19H36N2. The lowest BCUT2D eigenvalue weighted by molar-refractivity contribution is 0.0411. The molecule has 3 atom stereocenters. The van der Waals surface area contributed by atoms with Gasteiger partial charge in [-0.15, -0.1) is 0 Å². The molecule has 0 N–H and O–H groups in total. The Hall–Kier alpha value is -0.550. The third-order valence-corrected chi connectivity index (χ3v) is 5.32. The zero-order valence-electron chi connectivity index (χ0n) is 15.2. The second-order valence-corrected chi connectivity index (χ2v) is 8.22. The first kappa shape index (κ1) is 18.5. The molecular weight excluding hydrogens is 256 g/mol. The normalized spacial score (nSPS) is 27.1. The molecule has 122 valence electrons. The zero-order valence-corrected chi connectivity index (χ0v) is 15.2. The van der Waals surface area contributed by atoms with Gasteiger partial charge in [-0.1, -0.05) is 40.5 Å². The molecule has 1 saturated carbocycles. The Morgan fingerprint density at radius 2 is 1.86 bits per heavy atom. The molecule has 21 heavy (non-hydrogen) atoms. The van der Waals surface area contributed by atoms with Gasteiger partial charge in [0.25, 0.3) is 0 Å². The molecule has 0 amide bonds. The van der Waals surface area contributed by atoms with Gasteiger partial charge in [0.1, 0.15) is 0 Å². The summed E-state index contributed by atoms with van der Waals surface area (Å²) < 4.78 is 0. The molecule has 1 aliphatic rings. The van der Waals surface area contributed by atoms with Gasteiger partial charge in [0, 0.05) is 12.1 Å². The number of nitrogens with zero attached hydrogens (tertiary/aromatic N) is 2.